The Labute approximate surface area is 122 Å². The van der Waals surface area contributed by atoms with Crippen molar-refractivity contribution in [1.29, 1.82) is 0 Å². The van der Waals surface area contributed by atoms with Crippen molar-refractivity contribution in [3.05, 3.63) is 23.0 Å². The molecule has 1 aliphatic rings. The molecule has 1 unspecified atom stereocenters. The Kier molecular flexibility index (Phi) is 3.43. The highest BCUT2D eigenvalue weighted by atomic mass is 32.2. The molecule has 3 rings (SSSR count). The monoisotopic (exact) mass is 312 g/mol. The van der Waals surface area contributed by atoms with E-state index in [4.69, 9.17) is 17.0 Å². The number of benzene rings is 1. The van der Waals surface area contributed by atoms with Gasteiger partial charge in [0, 0.05) is 12.9 Å². The molecule has 0 aliphatic carbocycles. The van der Waals surface area contributed by atoms with E-state index in [1.807, 2.05) is 10.6 Å². The van der Waals surface area contributed by atoms with E-state index in [2.05, 4.69) is 4.98 Å². The lowest BCUT2D eigenvalue weighted by Crippen LogP contribution is -2.21. The largest absolute Gasteiger partial charge is 0.379 e. The molecule has 2 aromatic rings. The number of H-pyrrole nitrogens is 1. The van der Waals surface area contributed by atoms with Gasteiger partial charge in [0.15, 0.2) is 14.6 Å². The molecule has 1 aromatic heterocycles. The summed E-state index contributed by atoms with van der Waals surface area (Å²) in [6.45, 7) is 1.39. The summed E-state index contributed by atoms with van der Waals surface area (Å²) in [5.74, 6) is 0. The highest BCUT2D eigenvalue weighted by Crippen LogP contribution is 2.28. The SMILES string of the molecule is CS(=O)(=O)c1cccc2c1[nH]c(=S)n2C1CCCOC1. The fourth-order valence-corrected chi connectivity index (χ4v) is 3.92. The first-order valence-corrected chi connectivity index (χ1v) is 8.79. The Hall–Kier alpha value is -1.18. The summed E-state index contributed by atoms with van der Waals surface area (Å²) < 4.78 is 31.8. The van der Waals surface area contributed by atoms with Gasteiger partial charge in [0.05, 0.1) is 28.6 Å². The van der Waals surface area contributed by atoms with E-state index in [9.17, 15) is 8.42 Å². The third-order valence-electron chi connectivity index (χ3n) is 3.62. The third-order valence-corrected chi connectivity index (χ3v) is 5.05. The number of fused-ring (bicyclic) bond motifs is 1. The lowest BCUT2D eigenvalue weighted by Gasteiger charge is -2.24. The molecule has 0 bridgehead atoms. The van der Waals surface area contributed by atoms with E-state index >= 15 is 0 Å². The van der Waals surface area contributed by atoms with Crippen molar-refractivity contribution in [2.24, 2.45) is 0 Å². The van der Waals surface area contributed by atoms with Gasteiger partial charge < -0.3 is 14.3 Å². The van der Waals surface area contributed by atoms with Crippen LogP contribution in [0.15, 0.2) is 23.1 Å². The van der Waals surface area contributed by atoms with Gasteiger partial charge in [-0.1, -0.05) is 6.07 Å². The van der Waals surface area contributed by atoms with Gasteiger partial charge in [0.2, 0.25) is 0 Å². The quantitative estimate of drug-likeness (QED) is 0.865. The van der Waals surface area contributed by atoms with Crippen molar-refractivity contribution < 1.29 is 13.2 Å². The van der Waals surface area contributed by atoms with E-state index in [-0.39, 0.29) is 10.9 Å². The van der Waals surface area contributed by atoms with Crippen molar-refractivity contribution >= 4 is 33.1 Å². The van der Waals surface area contributed by atoms with Crippen molar-refractivity contribution in [2.75, 3.05) is 19.5 Å². The fourth-order valence-electron chi connectivity index (χ4n) is 2.72. The van der Waals surface area contributed by atoms with Gasteiger partial charge in [-0.15, -0.1) is 0 Å². The zero-order valence-electron chi connectivity index (χ0n) is 11.1. The number of nitrogens with zero attached hydrogens (tertiary/aromatic N) is 1. The summed E-state index contributed by atoms with van der Waals surface area (Å²) in [6.07, 6.45) is 3.19. The molecule has 0 spiro atoms. The first kappa shape index (κ1) is 13.8. The first-order chi connectivity index (χ1) is 9.48. The molecule has 2 heterocycles. The van der Waals surface area contributed by atoms with E-state index in [0.717, 1.165) is 25.0 Å². The fraction of sp³-hybridized carbons (Fsp3) is 0.462. The van der Waals surface area contributed by atoms with Crippen LogP contribution in [0.3, 0.4) is 0 Å². The predicted molar refractivity (Wildman–Crippen MR) is 79.3 cm³/mol. The Morgan fingerprint density at radius 3 is 2.90 bits per heavy atom. The maximum atomic E-state index is 11.9. The molecule has 7 heteroatoms. The molecule has 1 aromatic carbocycles. The van der Waals surface area contributed by atoms with Crippen molar-refractivity contribution in [3.63, 3.8) is 0 Å². The van der Waals surface area contributed by atoms with Gasteiger partial charge in [-0.05, 0) is 37.2 Å². The van der Waals surface area contributed by atoms with Crippen molar-refractivity contribution in [1.82, 2.24) is 9.55 Å². The van der Waals surface area contributed by atoms with Gasteiger partial charge in [-0.25, -0.2) is 8.42 Å². The van der Waals surface area contributed by atoms with Crippen LogP contribution < -0.4 is 0 Å². The van der Waals surface area contributed by atoms with Crippen LogP contribution in [0.4, 0.5) is 0 Å². The van der Waals surface area contributed by atoms with E-state index in [0.29, 0.717) is 16.9 Å². The molecule has 1 saturated heterocycles. The Bertz CT molecular complexity index is 799. The Balaban J connectivity index is 2.24. The molecular formula is C13H16N2O3S2. The van der Waals surface area contributed by atoms with Crippen LogP contribution in [0.2, 0.25) is 0 Å². The number of hydrogen-bond donors (Lipinski definition) is 1. The zero-order chi connectivity index (χ0) is 14.3. The second-order valence-corrected chi connectivity index (χ2v) is 7.46. The van der Waals surface area contributed by atoms with Crippen molar-refractivity contribution in [2.45, 2.75) is 23.8 Å². The topological polar surface area (TPSA) is 64.1 Å². The van der Waals surface area contributed by atoms with E-state index in [1.54, 1.807) is 12.1 Å². The van der Waals surface area contributed by atoms with Crippen LogP contribution in [0, 0.1) is 4.77 Å². The number of ether oxygens (including phenoxy) is 1. The Morgan fingerprint density at radius 1 is 1.45 bits per heavy atom. The highest BCUT2D eigenvalue weighted by molar-refractivity contribution is 7.91. The maximum absolute atomic E-state index is 11.9. The molecule has 0 radical (unpaired) electrons. The van der Waals surface area contributed by atoms with Gasteiger partial charge in [0.25, 0.3) is 0 Å². The summed E-state index contributed by atoms with van der Waals surface area (Å²) >= 11 is 5.37. The molecule has 5 nitrogen and oxygen atoms in total. The number of imidazole rings is 1. The number of para-hydroxylation sites is 1. The molecule has 1 fully saturated rings. The lowest BCUT2D eigenvalue weighted by molar-refractivity contribution is 0.0600. The normalized spacial score (nSPS) is 20.4. The zero-order valence-corrected chi connectivity index (χ0v) is 12.8. The van der Waals surface area contributed by atoms with Crippen LogP contribution in [0.5, 0.6) is 0 Å². The third kappa shape index (κ3) is 2.30. The van der Waals surface area contributed by atoms with Gasteiger partial charge in [0.1, 0.15) is 0 Å². The highest BCUT2D eigenvalue weighted by Gasteiger charge is 2.21. The number of hydrogen-bond acceptors (Lipinski definition) is 4. The van der Waals surface area contributed by atoms with Gasteiger partial charge >= 0.3 is 0 Å². The molecule has 0 amide bonds. The Morgan fingerprint density at radius 2 is 2.25 bits per heavy atom. The van der Waals surface area contributed by atoms with Crippen LogP contribution in [-0.2, 0) is 14.6 Å². The van der Waals surface area contributed by atoms with Crippen LogP contribution in [0.1, 0.15) is 18.9 Å². The molecular weight excluding hydrogens is 296 g/mol. The average molecular weight is 312 g/mol. The number of nitrogens with one attached hydrogen (secondary N) is 1. The minimum atomic E-state index is -3.29. The maximum Gasteiger partial charge on any atom is 0.178 e. The molecule has 1 aliphatic heterocycles. The molecule has 108 valence electrons. The summed E-state index contributed by atoms with van der Waals surface area (Å²) in [5, 5.41) is 0. The molecule has 1 atom stereocenters. The van der Waals surface area contributed by atoms with Gasteiger partial charge in [-0.2, -0.15) is 0 Å². The summed E-state index contributed by atoms with van der Waals surface area (Å²) in [5.41, 5.74) is 1.42. The van der Waals surface area contributed by atoms with Crippen LogP contribution in [0.25, 0.3) is 11.0 Å². The number of sulfone groups is 1. The second kappa shape index (κ2) is 4.98. The molecule has 0 saturated carbocycles. The summed E-state index contributed by atoms with van der Waals surface area (Å²) in [4.78, 5) is 3.33. The molecule has 1 N–H and O–H groups in total. The number of rotatable bonds is 2. The van der Waals surface area contributed by atoms with Crippen LogP contribution in [-0.4, -0.2) is 37.4 Å². The predicted octanol–water partition coefficient (Wildman–Crippen LogP) is 2.45. The molecule has 20 heavy (non-hydrogen) atoms. The van der Waals surface area contributed by atoms with Crippen LogP contribution >= 0.6 is 12.2 Å². The summed E-state index contributed by atoms with van der Waals surface area (Å²) in [7, 11) is -3.29. The number of aromatic nitrogens is 2. The minimum absolute atomic E-state index is 0.166. The first-order valence-electron chi connectivity index (χ1n) is 6.49. The lowest BCUT2D eigenvalue weighted by atomic mass is 10.1. The minimum Gasteiger partial charge on any atom is -0.379 e. The standard InChI is InChI=1S/C13H16N2O3S2/c1-20(16,17)11-6-2-5-10-12(11)14-13(19)15(10)9-4-3-7-18-8-9/h2,5-6,9H,3-4,7-8H2,1H3,(H,14,19). The van der Waals surface area contributed by atoms with Crippen molar-refractivity contribution in [3.8, 4) is 0 Å². The summed E-state index contributed by atoms with van der Waals surface area (Å²) in [6, 6.07) is 5.41. The smallest absolute Gasteiger partial charge is 0.178 e. The number of aromatic amines is 1. The van der Waals surface area contributed by atoms with E-state index in [1.165, 1.54) is 6.26 Å². The van der Waals surface area contributed by atoms with E-state index < -0.39 is 9.84 Å². The van der Waals surface area contributed by atoms with Gasteiger partial charge in [-0.3, -0.25) is 0 Å². The average Bonchev–Trinajstić information content (AvgIpc) is 2.74. The second-order valence-electron chi connectivity index (χ2n) is 5.09.